The second-order valence-corrected chi connectivity index (χ2v) is 9.69. The molecule has 2 aromatic heterocycles. The Morgan fingerprint density at radius 2 is 1.97 bits per heavy atom. The van der Waals surface area contributed by atoms with E-state index in [9.17, 15) is 10.1 Å². The number of anilines is 1. The zero-order valence-corrected chi connectivity index (χ0v) is 20.2. The number of aryl methyl sites for hydroxylation is 1. The fourth-order valence-corrected chi connectivity index (χ4v) is 5.64. The Labute approximate surface area is 200 Å². The summed E-state index contributed by atoms with van der Waals surface area (Å²) < 4.78 is 12.7. The standard InChI is InChI=1S/C23H25N5O3S2/c1-28-20(13-31-16-10-8-15(30-2)9-11-16)26-27-23(28)32-14-21(29)25-22-18(12-24)17-6-4-3-5-7-19(17)33-22/h8-11H,3-7,13-14H2,1-2H3,(H,25,29). The summed E-state index contributed by atoms with van der Waals surface area (Å²) in [5.41, 5.74) is 1.75. The lowest BCUT2D eigenvalue weighted by molar-refractivity contribution is -0.113. The molecular weight excluding hydrogens is 458 g/mol. The third-order valence-corrected chi connectivity index (χ3v) is 7.70. The van der Waals surface area contributed by atoms with Crippen molar-refractivity contribution in [3.8, 4) is 17.6 Å². The van der Waals surface area contributed by atoms with E-state index in [0.29, 0.717) is 27.3 Å². The first-order valence-electron chi connectivity index (χ1n) is 10.7. The van der Waals surface area contributed by atoms with Gasteiger partial charge in [-0.2, -0.15) is 5.26 Å². The number of nitriles is 1. The van der Waals surface area contributed by atoms with Crippen LogP contribution in [0.2, 0.25) is 0 Å². The Morgan fingerprint density at radius 3 is 2.73 bits per heavy atom. The number of aromatic nitrogens is 3. The minimum Gasteiger partial charge on any atom is -0.497 e. The number of nitrogens with zero attached hydrogens (tertiary/aromatic N) is 4. The van der Waals surface area contributed by atoms with Crippen LogP contribution < -0.4 is 14.8 Å². The molecule has 0 saturated carbocycles. The van der Waals surface area contributed by atoms with Crippen molar-refractivity contribution in [2.24, 2.45) is 7.05 Å². The predicted molar refractivity (Wildman–Crippen MR) is 128 cm³/mol. The number of benzene rings is 1. The van der Waals surface area contributed by atoms with Gasteiger partial charge in [0.2, 0.25) is 5.91 Å². The lowest BCUT2D eigenvalue weighted by Gasteiger charge is -2.07. The van der Waals surface area contributed by atoms with E-state index in [1.807, 2.05) is 35.9 Å². The molecule has 0 saturated heterocycles. The van der Waals surface area contributed by atoms with Gasteiger partial charge in [-0.15, -0.1) is 21.5 Å². The highest BCUT2D eigenvalue weighted by atomic mass is 32.2. The monoisotopic (exact) mass is 483 g/mol. The van der Waals surface area contributed by atoms with Crippen LogP contribution in [-0.4, -0.2) is 33.5 Å². The van der Waals surface area contributed by atoms with Gasteiger partial charge in [-0.1, -0.05) is 18.2 Å². The molecule has 2 heterocycles. The van der Waals surface area contributed by atoms with E-state index < -0.39 is 0 Å². The summed E-state index contributed by atoms with van der Waals surface area (Å²) >= 11 is 2.84. The van der Waals surface area contributed by atoms with Crippen molar-refractivity contribution in [2.75, 3.05) is 18.2 Å². The van der Waals surface area contributed by atoms with E-state index in [2.05, 4.69) is 21.6 Å². The number of nitrogens with one attached hydrogen (secondary N) is 1. The van der Waals surface area contributed by atoms with E-state index in [1.165, 1.54) is 23.1 Å². The highest BCUT2D eigenvalue weighted by Crippen LogP contribution is 2.37. The lowest BCUT2D eigenvalue weighted by Crippen LogP contribution is -2.14. The molecule has 1 N–H and O–H groups in total. The molecule has 1 aliphatic rings. The number of thioether (sulfide) groups is 1. The van der Waals surface area contributed by atoms with Crippen molar-refractivity contribution in [3.63, 3.8) is 0 Å². The van der Waals surface area contributed by atoms with Crippen molar-refractivity contribution < 1.29 is 14.3 Å². The minimum atomic E-state index is -0.160. The SMILES string of the molecule is COc1ccc(OCc2nnc(SCC(=O)Nc3sc4c(c3C#N)CCCCC4)n2C)cc1. The van der Waals surface area contributed by atoms with Gasteiger partial charge in [-0.3, -0.25) is 4.79 Å². The Morgan fingerprint density at radius 1 is 1.21 bits per heavy atom. The normalized spacial score (nSPS) is 13.0. The minimum absolute atomic E-state index is 0.160. The van der Waals surface area contributed by atoms with Crippen LogP contribution >= 0.6 is 23.1 Å². The topological polar surface area (TPSA) is 102 Å². The molecule has 0 atom stereocenters. The molecule has 10 heteroatoms. The highest BCUT2D eigenvalue weighted by molar-refractivity contribution is 7.99. The largest absolute Gasteiger partial charge is 0.497 e. The third kappa shape index (κ3) is 5.49. The summed E-state index contributed by atoms with van der Waals surface area (Å²) in [6.07, 6.45) is 5.32. The van der Waals surface area contributed by atoms with Crippen molar-refractivity contribution in [3.05, 3.63) is 46.1 Å². The van der Waals surface area contributed by atoms with Gasteiger partial charge in [0.05, 0.1) is 18.4 Å². The number of hydrogen-bond acceptors (Lipinski definition) is 8. The molecule has 1 aliphatic carbocycles. The fourth-order valence-electron chi connectivity index (χ4n) is 3.66. The van der Waals surface area contributed by atoms with Crippen LogP contribution in [0.5, 0.6) is 11.5 Å². The van der Waals surface area contributed by atoms with E-state index in [0.717, 1.165) is 37.0 Å². The van der Waals surface area contributed by atoms with Gasteiger partial charge in [-0.25, -0.2) is 0 Å². The molecule has 3 aromatic rings. The maximum absolute atomic E-state index is 12.6. The van der Waals surface area contributed by atoms with E-state index >= 15 is 0 Å². The molecule has 1 amide bonds. The molecular formula is C23H25N5O3S2. The highest BCUT2D eigenvalue weighted by Gasteiger charge is 2.21. The molecule has 0 spiro atoms. The van der Waals surface area contributed by atoms with E-state index in [-0.39, 0.29) is 18.3 Å². The summed E-state index contributed by atoms with van der Waals surface area (Å²) in [6, 6.07) is 9.61. The number of carbonyl (C=O) groups is 1. The number of carbonyl (C=O) groups excluding carboxylic acids is 1. The van der Waals surface area contributed by atoms with Crippen LogP contribution in [0.3, 0.4) is 0 Å². The lowest BCUT2D eigenvalue weighted by atomic mass is 10.1. The summed E-state index contributed by atoms with van der Waals surface area (Å²) in [7, 11) is 3.46. The first kappa shape index (κ1) is 23.1. The average Bonchev–Trinajstić information content (AvgIpc) is 3.25. The van der Waals surface area contributed by atoms with Crippen LogP contribution in [0.25, 0.3) is 0 Å². The van der Waals surface area contributed by atoms with Gasteiger partial charge in [0.15, 0.2) is 11.0 Å². The summed E-state index contributed by atoms with van der Waals surface area (Å²) in [5, 5.41) is 22.2. The van der Waals surface area contributed by atoms with Crippen molar-refractivity contribution in [2.45, 2.75) is 43.9 Å². The van der Waals surface area contributed by atoms with Gasteiger partial charge < -0.3 is 19.4 Å². The van der Waals surface area contributed by atoms with Crippen LogP contribution in [-0.2, 0) is 31.3 Å². The van der Waals surface area contributed by atoms with E-state index in [1.54, 1.807) is 18.4 Å². The van der Waals surface area contributed by atoms with Crippen LogP contribution in [0.15, 0.2) is 29.4 Å². The van der Waals surface area contributed by atoms with Crippen molar-refractivity contribution in [1.82, 2.24) is 14.8 Å². The van der Waals surface area contributed by atoms with Crippen molar-refractivity contribution in [1.29, 1.82) is 5.26 Å². The maximum Gasteiger partial charge on any atom is 0.235 e. The van der Waals surface area contributed by atoms with Gasteiger partial charge in [0, 0.05) is 11.9 Å². The molecule has 0 bridgehead atoms. The van der Waals surface area contributed by atoms with Gasteiger partial charge in [0.1, 0.15) is 29.2 Å². The molecule has 0 aliphatic heterocycles. The van der Waals surface area contributed by atoms with Crippen molar-refractivity contribution >= 4 is 34.0 Å². The zero-order chi connectivity index (χ0) is 23.2. The molecule has 0 radical (unpaired) electrons. The molecule has 0 unspecified atom stereocenters. The number of fused-ring (bicyclic) bond motifs is 1. The van der Waals surface area contributed by atoms with Crippen LogP contribution in [0, 0.1) is 11.3 Å². The van der Waals surface area contributed by atoms with Crippen LogP contribution in [0.4, 0.5) is 5.00 Å². The third-order valence-electron chi connectivity index (χ3n) is 5.47. The quantitative estimate of drug-likeness (QED) is 0.376. The summed E-state index contributed by atoms with van der Waals surface area (Å²) in [4.78, 5) is 13.8. The van der Waals surface area contributed by atoms with E-state index in [4.69, 9.17) is 9.47 Å². The smallest absolute Gasteiger partial charge is 0.235 e. The first-order valence-corrected chi connectivity index (χ1v) is 12.5. The maximum atomic E-state index is 12.6. The predicted octanol–water partition coefficient (Wildman–Crippen LogP) is 4.34. The average molecular weight is 484 g/mol. The summed E-state index contributed by atoms with van der Waals surface area (Å²) in [6.45, 7) is 0.259. The number of thiophene rings is 1. The van der Waals surface area contributed by atoms with Gasteiger partial charge in [0.25, 0.3) is 0 Å². The summed E-state index contributed by atoms with van der Waals surface area (Å²) in [5.74, 6) is 2.14. The Kier molecular flexibility index (Phi) is 7.52. The number of methoxy groups -OCH3 is 1. The molecule has 33 heavy (non-hydrogen) atoms. The Hall–Kier alpha value is -3.03. The second-order valence-electron chi connectivity index (χ2n) is 7.64. The fraction of sp³-hybridized carbons (Fsp3) is 0.391. The van der Waals surface area contributed by atoms with Gasteiger partial charge >= 0.3 is 0 Å². The second kappa shape index (κ2) is 10.7. The number of hydrogen-bond donors (Lipinski definition) is 1. The number of ether oxygens (including phenoxy) is 2. The molecule has 1 aromatic carbocycles. The Bertz CT molecular complexity index is 1160. The Balaban J connectivity index is 1.33. The molecule has 172 valence electrons. The number of amides is 1. The first-order chi connectivity index (χ1) is 16.1. The van der Waals surface area contributed by atoms with Gasteiger partial charge in [-0.05, 0) is 55.5 Å². The zero-order valence-electron chi connectivity index (χ0n) is 18.6. The molecule has 8 nitrogen and oxygen atoms in total. The van der Waals surface area contributed by atoms with Crippen LogP contribution in [0.1, 0.15) is 41.1 Å². The molecule has 4 rings (SSSR count). The number of rotatable bonds is 8. The molecule has 0 fully saturated rings.